The lowest BCUT2D eigenvalue weighted by atomic mass is 10.1. The number of hydrogen-bond acceptors (Lipinski definition) is 5. The Morgan fingerprint density at radius 2 is 2.00 bits per heavy atom. The number of nitrogens with two attached hydrogens (primary N) is 1. The van der Waals surface area contributed by atoms with E-state index in [0.717, 1.165) is 42.5 Å². The quantitative estimate of drug-likeness (QED) is 0.790. The summed E-state index contributed by atoms with van der Waals surface area (Å²) in [6, 6.07) is 8.73. The van der Waals surface area contributed by atoms with Gasteiger partial charge in [-0.2, -0.15) is 5.26 Å². The average molecular weight is 369 g/mol. The van der Waals surface area contributed by atoms with E-state index in [2.05, 4.69) is 5.32 Å². The van der Waals surface area contributed by atoms with Crippen LogP contribution in [0.2, 0.25) is 0 Å². The molecule has 0 saturated carbocycles. The van der Waals surface area contributed by atoms with Crippen LogP contribution in [-0.4, -0.2) is 18.4 Å². The molecule has 2 aromatic rings. The number of ether oxygens (including phenoxy) is 1. The first kappa shape index (κ1) is 18.0. The van der Waals surface area contributed by atoms with Gasteiger partial charge in [0.25, 0.3) is 11.8 Å². The smallest absolute Gasteiger partial charge is 0.262 e. The fourth-order valence-corrected chi connectivity index (χ4v) is 4.39. The summed E-state index contributed by atoms with van der Waals surface area (Å²) < 4.78 is 5.44. The van der Waals surface area contributed by atoms with Crippen LogP contribution in [0.3, 0.4) is 0 Å². The number of anilines is 1. The number of para-hydroxylation sites is 1. The molecular formula is C19H19N3O3S. The van der Waals surface area contributed by atoms with E-state index >= 15 is 0 Å². The van der Waals surface area contributed by atoms with Gasteiger partial charge in [0.05, 0.1) is 11.1 Å². The van der Waals surface area contributed by atoms with Crippen molar-refractivity contribution in [1.29, 1.82) is 5.26 Å². The molecule has 1 heterocycles. The molecule has 26 heavy (non-hydrogen) atoms. The first-order valence-electron chi connectivity index (χ1n) is 8.46. The van der Waals surface area contributed by atoms with Gasteiger partial charge in [-0.05, 0) is 43.4 Å². The number of carbonyl (C=O) groups is 2. The SMILES string of the molecule is N#Cc1ccccc1OCC(=O)Nc1sc2c(c1C(N)=O)CCCCC2. The highest BCUT2D eigenvalue weighted by molar-refractivity contribution is 7.17. The van der Waals surface area contributed by atoms with Gasteiger partial charge < -0.3 is 15.8 Å². The highest BCUT2D eigenvalue weighted by atomic mass is 32.1. The van der Waals surface area contributed by atoms with Crippen LogP contribution >= 0.6 is 11.3 Å². The number of hydrogen-bond donors (Lipinski definition) is 2. The molecule has 7 heteroatoms. The molecule has 1 aromatic carbocycles. The van der Waals surface area contributed by atoms with Crippen LogP contribution in [0.15, 0.2) is 24.3 Å². The maximum absolute atomic E-state index is 12.3. The Morgan fingerprint density at radius 1 is 1.23 bits per heavy atom. The number of rotatable bonds is 5. The molecule has 0 fully saturated rings. The van der Waals surface area contributed by atoms with Crippen LogP contribution in [0.5, 0.6) is 5.75 Å². The largest absolute Gasteiger partial charge is 0.482 e. The van der Waals surface area contributed by atoms with Crippen LogP contribution in [0.25, 0.3) is 0 Å². The molecule has 0 spiro atoms. The van der Waals surface area contributed by atoms with Gasteiger partial charge in [0.1, 0.15) is 16.8 Å². The molecule has 0 saturated heterocycles. The molecule has 1 aliphatic rings. The predicted octanol–water partition coefficient (Wildman–Crippen LogP) is 3.01. The van der Waals surface area contributed by atoms with Crippen LogP contribution in [0.4, 0.5) is 5.00 Å². The predicted molar refractivity (Wildman–Crippen MR) is 99.4 cm³/mol. The molecule has 0 unspecified atom stereocenters. The zero-order chi connectivity index (χ0) is 18.5. The third-order valence-electron chi connectivity index (χ3n) is 4.29. The molecular weight excluding hydrogens is 350 g/mol. The summed E-state index contributed by atoms with van der Waals surface area (Å²) in [5, 5.41) is 12.3. The van der Waals surface area contributed by atoms with Gasteiger partial charge in [-0.15, -0.1) is 11.3 Å². The minimum Gasteiger partial charge on any atom is -0.482 e. The van der Waals surface area contributed by atoms with Crippen molar-refractivity contribution in [1.82, 2.24) is 0 Å². The summed E-state index contributed by atoms with van der Waals surface area (Å²) in [6.45, 7) is -0.251. The number of thiophene rings is 1. The van der Waals surface area contributed by atoms with E-state index in [1.807, 2.05) is 6.07 Å². The van der Waals surface area contributed by atoms with Crippen LogP contribution in [0.1, 0.15) is 45.6 Å². The lowest BCUT2D eigenvalue weighted by Crippen LogP contribution is -2.22. The van der Waals surface area contributed by atoms with Gasteiger partial charge in [-0.25, -0.2) is 0 Å². The number of nitrogens with zero attached hydrogens (tertiary/aromatic N) is 1. The van der Waals surface area contributed by atoms with Crippen molar-refractivity contribution >= 4 is 28.2 Å². The number of primary amides is 1. The molecule has 3 N–H and O–H groups in total. The third kappa shape index (κ3) is 3.86. The third-order valence-corrected chi connectivity index (χ3v) is 5.49. The van der Waals surface area contributed by atoms with Crippen LogP contribution in [-0.2, 0) is 17.6 Å². The lowest BCUT2D eigenvalue weighted by molar-refractivity contribution is -0.118. The Labute approximate surface area is 155 Å². The Kier molecular flexibility index (Phi) is 5.54. The average Bonchev–Trinajstić information content (AvgIpc) is 2.81. The number of amides is 2. The maximum atomic E-state index is 12.3. The summed E-state index contributed by atoms with van der Waals surface area (Å²) in [5.41, 5.74) is 7.33. The van der Waals surface area contributed by atoms with Gasteiger partial charge >= 0.3 is 0 Å². The fraction of sp³-hybridized carbons (Fsp3) is 0.316. The molecule has 0 radical (unpaired) electrons. The van der Waals surface area contributed by atoms with Gasteiger partial charge in [0, 0.05) is 4.88 Å². The highest BCUT2D eigenvalue weighted by Crippen LogP contribution is 2.37. The number of aryl methyl sites for hydroxylation is 1. The van der Waals surface area contributed by atoms with Crippen molar-refractivity contribution in [2.45, 2.75) is 32.1 Å². The van der Waals surface area contributed by atoms with E-state index in [1.54, 1.807) is 24.3 Å². The van der Waals surface area contributed by atoms with Gasteiger partial charge in [-0.1, -0.05) is 18.6 Å². The van der Waals surface area contributed by atoms with Crippen LogP contribution in [0, 0.1) is 11.3 Å². The molecule has 0 atom stereocenters. The van der Waals surface area contributed by atoms with Gasteiger partial charge in [0.15, 0.2) is 6.61 Å². The van der Waals surface area contributed by atoms with Gasteiger partial charge in [-0.3, -0.25) is 9.59 Å². The highest BCUT2D eigenvalue weighted by Gasteiger charge is 2.24. The van der Waals surface area contributed by atoms with E-state index in [0.29, 0.717) is 21.9 Å². The molecule has 0 bridgehead atoms. The second-order valence-corrected chi connectivity index (χ2v) is 7.18. The number of nitrogens with one attached hydrogen (secondary N) is 1. The Hall–Kier alpha value is -2.85. The molecule has 1 aliphatic carbocycles. The summed E-state index contributed by atoms with van der Waals surface area (Å²) in [6.07, 6.45) is 4.94. The zero-order valence-electron chi connectivity index (χ0n) is 14.2. The molecule has 1 aromatic heterocycles. The topological polar surface area (TPSA) is 105 Å². The van der Waals surface area contributed by atoms with Gasteiger partial charge in [0.2, 0.25) is 0 Å². The lowest BCUT2D eigenvalue weighted by Gasteiger charge is -2.09. The van der Waals surface area contributed by atoms with Crippen molar-refractivity contribution in [3.05, 3.63) is 45.8 Å². The second-order valence-electron chi connectivity index (χ2n) is 6.08. The molecule has 0 aliphatic heterocycles. The summed E-state index contributed by atoms with van der Waals surface area (Å²) in [5.74, 6) is -0.561. The van der Waals surface area contributed by atoms with E-state index in [9.17, 15) is 9.59 Å². The molecule has 134 valence electrons. The maximum Gasteiger partial charge on any atom is 0.262 e. The number of benzene rings is 1. The number of carbonyl (C=O) groups excluding carboxylic acids is 2. The normalized spacial score (nSPS) is 13.2. The summed E-state index contributed by atoms with van der Waals surface area (Å²) >= 11 is 1.42. The van der Waals surface area contributed by atoms with E-state index in [-0.39, 0.29) is 6.61 Å². The minimum absolute atomic E-state index is 0.251. The first-order valence-corrected chi connectivity index (χ1v) is 9.28. The van der Waals surface area contributed by atoms with Crippen molar-refractivity contribution < 1.29 is 14.3 Å². The number of nitriles is 1. The van der Waals surface area contributed by atoms with E-state index in [4.69, 9.17) is 15.7 Å². The van der Waals surface area contributed by atoms with Crippen molar-refractivity contribution in [3.8, 4) is 11.8 Å². The molecule has 6 nitrogen and oxygen atoms in total. The van der Waals surface area contributed by atoms with E-state index in [1.165, 1.54) is 11.3 Å². The van der Waals surface area contributed by atoms with Crippen molar-refractivity contribution in [3.63, 3.8) is 0 Å². The standard InChI is InChI=1S/C19H19N3O3S/c20-10-12-6-4-5-8-14(12)25-11-16(23)22-19-17(18(21)24)13-7-2-1-3-9-15(13)26-19/h4-6,8H,1-3,7,9,11H2,(H2,21,24)(H,22,23). The Balaban J connectivity index is 1.73. The monoisotopic (exact) mass is 369 g/mol. The van der Waals surface area contributed by atoms with Crippen LogP contribution < -0.4 is 15.8 Å². The molecule has 2 amide bonds. The summed E-state index contributed by atoms with van der Waals surface area (Å²) in [7, 11) is 0. The fourth-order valence-electron chi connectivity index (χ4n) is 3.08. The van der Waals surface area contributed by atoms with Crippen molar-refractivity contribution in [2.75, 3.05) is 11.9 Å². The number of fused-ring (bicyclic) bond motifs is 1. The minimum atomic E-state index is -0.518. The second kappa shape index (κ2) is 8.02. The zero-order valence-corrected chi connectivity index (χ0v) is 15.0. The van der Waals surface area contributed by atoms with Crippen molar-refractivity contribution in [2.24, 2.45) is 5.73 Å². The first-order chi connectivity index (χ1) is 12.6. The molecule has 3 rings (SSSR count). The Morgan fingerprint density at radius 3 is 2.77 bits per heavy atom. The van der Waals surface area contributed by atoms with E-state index < -0.39 is 11.8 Å². The summed E-state index contributed by atoms with van der Waals surface area (Å²) in [4.78, 5) is 25.3. The Bertz CT molecular complexity index is 883.